The highest BCUT2D eigenvalue weighted by Crippen LogP contribution is 2.21. The first-order valence-electron chi connectivity index (χ1n) is 5.65. The minimum Gasteiger partial charge on any atom is -0.490 e. The van der Waals surface area contributed by atoms with Gasteiger partial charge in [-0.1, -0.05) is 42.1 Å². The molecule has 0 aliphatic heterocycles. The van der Waals surface area contributed by atoms with Gasteiger partial charge >= 0.3 is 0 Å². The van der Waals surface area contributed by atoms with Crippen LogP contribution in [0.5, 0.6) is 5.75 Å². The number of carbonyl (C=O) groups is 1. The Labute approximate surface area is 107 Å². The van der Waals surface area contributed by atoms with Crippen LogP contribution in [-0.4, -0.2) is 17.0 Å². The maximum absolute atomic E-state index is 10.8. The quantitative estimate of drug-likeness (QED) is 0.795. The molecule has 92 valence electrons. The van der Waals surface area contributed by atoms with Crippen LogP contribution >= 0.6 is 11.8 Å². The van der Waals surface area contributed by atoms with E-state index in [1.807, 2.05) is 50.3 Å². The standard InChI is InChI=1S/C14H18O2S/c1-11(2)16-14-9-5-4-7-13(14)8-6-10-17-12(3)15/h4-9,11H,10H2,1-3H3. The van der Waals surface area contributed by atoms with E-state index < -0.39 is 0 Å². The molecule has 0 fully saturated rings. The molecule has 0 bridgehead atoms. The summed E-state index contributed by atoms with van der Waals surface area (Å²) in [4.78, 5) is 10.8. The van der Waals surface area contributed by atoms with Gasteiger partial charge in [0, 0.05) is 18.2 Å². The number of thioether (sulfide) groups is 1. The van der Waals surface area contributed by atoms with Crippen molar-refractivity contribution in [2.24, 2.45) is 0 Å². The molecular weight excluding hydrogens is 232 g/mol. The van der Waals surface area contributed by atoms with E-state index in [2.05, 4.69) is 0 Å². The van der Waals surface area contributed by atoms with Gasteiger partial charge in [-0.2, -0.15) is 0 Å². The second-order valence-corrected chi connectivity index (χ2v) is 5.11. The smallest absolute Gasteiger partial charge is 0.186 e. The molecule has 0 saturated carbocycles. The van der Waals surface area contributed by atoms with Crippen LogP contribution in [-0.2, 0) is 4.79 Å². The highest BCUT2D eigenvalue weighted by molar-refractivity contribution is 8.13. The zero-order valence-electron chi connectivity index (χ0n) is 10.5. The molecule has 0 heterocycles. The SMILES string of the molecule is CC(=O)SCC=Cc1ccccc1OC(C)C. The van der Waals surface area contributed by atoms with Crippen LogP contribution in [0.3, 0.4) is 0 Å². The number of rotatable bonds is 5. The maximum Gasteiger partial charge on any atom is 0.186 e. The van der Waals surface area contributed by atoms with Gasteiger partial charge in [0.1, 0.15) is 5.75 Å². The van der Waals surface area contributed by atoms with E-state index >= 15 is 0 Å². The fourth-order valence-electron chi connectivity index (χ4n) is 1.32. The summed E-state index contributed by atoms with van der Waals surface area (Å²) in [5.41, 5.74) is 1.05. The molecule has 0 unspecified atom stereocenters. The van der Waals surface area contributed by atoms with E-state index in [9.17, 15) is 4.79 Å². The van der Waals surface area contributed by atoms with Gasteiger partial charge in [-0.15, -0.1) is 0 Å². The first-order chi connectivity index (χ1) is 8.09. The van der Waals surface area contributed by atoms with E-state index in [1.165, 1.54) is 11.8 Å². The maximum atomic E-state index is 10.8. The molecule has 0 aromatic heterocycles. The van der Waals surface area contributed by atoms with Crippen LogP contribution in [0.4, 0.5) is 0 Å². The molecular formula is C14H18O2S. The molecule has 1 rings (SSSR count). The van der Waals surface area contributed by atoms with Crippen molar-refractivity contribution in [1.29, 1.82) is 0 Å². The van der Waals surface area contributed by atoms with Gasteiger partial charge in [-0.25, -0.2) is 0 Å². The van der Waals surface area contributed by atoms with Crippen molar-refractivity contribution in [3.8, 4) is 5.75 Å². The van der Waals surface area contributed by atoms with Gasteiger partial charge in [0.2, 0.25) is 0 Å². The number of benzene rings is 1. The molecule has 3 heteroatoms. The Hall–Kier alpha value is -1.22. The summed E-state index contributed by atoms with van der Waals surface area (Å²) in [5, 5.41) is 0.140. The Morgan fingerprint density at radius 2 is 2.12 bits per heavy atom. The van der Waals surface area contributed by atoms with Crippen molar-refractivity contribution in [1.82, 2.24) is 0 Å². The third-order valence-electron chi connectivity index (χ3n) is 1.96. The molecule has 0 aliphatic rings. The summed E-state index contributed by atoms with van der Waals surface area (Å²) in [6.07, 6.45) is 4.14. The summed E-state index contributed by atoms with van der Waals surface area (Å²) in [5.74, 6) is 1.58. The predicted octanol–water partition coefficient (Wildman–Crippen LogP) is 3.77. The molecule has 1 aromatic carbocycles. The number of carbonyl (C=O) groups excluding carboxylic acids is 1. The minimum absolute atomic E-state index is 0.140. The lowest BCUT2D eigenvalue weighted by atomic mass is 10.2. The fraction of sp³-hybridized carbons (Fsp3) is 0.357. The second kappa shape index (κ2) is 7.17. The third kappa shape index (κ3) is 5.59. The molecule has 0 atom stereocenters. The van der Waals surface area contributed by atoms with Crippen LogP contribution in [0.25, 0.3) is 6.08 Å². The Morgan fingerprint density at radius 3 is 2.76 bits per heavy atom. The summed E-state index contributed by atoms with van der Waals surface area (Å²) >= 11 is 1.30. The van der Waals surface area contributed by atoms with E-state index in [0.29, 0.717) is 5.75 Å². The average molecular weight is 250 g/mol. The molecule has 1 aromatic rings. The fourth-order valence-corrected chi connectivity index (χ4v) is 1.75. The predicted molar refractivity (Wildman–Crippen MR) is 74.4 cm³/mol. The largest absolute Gasteiger partial charge is 0.490 e. The average Bonchev–Trinajstić information content (AvgIpc) is 2.25. The molecule has 0 amide bonds. The van der Waals surface area contributed by atoms with Crippen molar-refractivity contribution in [2.45, 2.75) is 26.9 Å². The topological polar surface area (TPSA) is 26.3 Å². The second-order valence-electron chi connectivity index (χ2n) is 3.91. The number of hydrogen-bond donors (Lipinski definition) is 0. The molecule has 0 radical (unpaired) electrons. The van der Waals surface area contributed by atoms with Crippen molar-refractivity contribution in [3.63, 3.8) is 0 Å². The summed E-state index contributed by atoms with van der Waals surface area (Å²) in [6.45, 7) is 5.59. The van der Waals surface area contributed by atoms with E-state index in [4.69, 9.17) is 4.74 Å². The zero-order chi connectivity index (χ0) is 12.7. The first-order valence-corrected chi connectivity index (χ1v) is 6.63. The highest BCUT2D eigenvalue weighted by Gasteiger charge is 2.01. The summed E-state index contributed by atoms with van der Waals surface area (Å²) in [6, 6.07) is 7.90. The van der Waals surface area contributed by atoms with Crippen LogP contribution in [0, 0.1) is 0 Å². The minimum atomic E-state index is 0.140. The van der Waals surface area contributed by atoms with Gasteiger partial charge in [-0.3, -0.25) is 4.79 Å². The van der Waals surface area contributed by atoms with Crippen molar-refractivity contribution in [3.05, 3.63) is 35.9 Å². The Balaban J connectivity index is 2.66. The lowest BCUT2D eigenvalue weighted by molar-refractivity contribution is -0.109. The lowest BCUT2D eigenvalue weighted by Crippen LogP contribution is -2.06. The number of para-hydroxylation sites is 1. The molecule has 17 heavy (non-hydrogen) atoms. The van der Waals surface area contributed by atoms with Gasteiger partial charge in [-0.05, 0) is 19.9 Å². The molecule has 0 N–H and O–H groups in total. The Morgan fingerprint density at radius 1 is 1.41 bits per heavy atom. The van der Waals surface area contributed by atoms with Gasteiger partial charge in [0.05, 0.1) is 6.10 Å². The molecule has 0 spiro atoms. The number of ether oxygens (including phenoxy) is 1. The van der Waals surface area contributed by atoms with Crippen LogP contribution in [0.1, 0.15) is 26.3 Å². The van der Waals surface area contributed by atoms with Crippen molar-refractivity contribution in [2.75, 3.05) is 5.75 Å². The van der Waals surface area contributed by atoms with Crippen LogP contribution in [0.2, 0.25) is 0 Å². The van der Waals surface area contributed by atoms with Crippen molar-refractivity contribution < 1.29 is 9.53 Å². The molecule has 0 aliphatic carbocycles. The van der Waals surface area contributed by atoms with Crippen LogP contribution in [0.15, 0.2) is 30.3 Å². The van der Waals surface area contributed by atoms with Gasteiger partial charge < -0.3 is 4.74 Å². The zero-order valence-corrected chi connectivity index (χ0v) is 11.3. The molecule has 2 nitrogen and oxygen atoms in total. The lowest BCUT2D eigenvalue weighted by Gasteiger charge is -2.11. The Kier molecular flexibility index (Phi) is 5.84. The molecule has 0 saturated heterocycles. The monoisotopic (exact) mass is 250 g/mol. The normalized spacial score (nSPS) is 11.1. The van der Waals surface area contributed by atoms with Gasteiger partial charge in [0.15, 0.2) is 5.12 Å². The third-order valence-corrected chi connectivity index (χ3v) is 2.73. The Bertz CT molecular complexity index is 397. The van der Waals surface area contributed by atoms with Crippen molar-refractivity contribution >= 4 is 23.0 Å². The van der Waals surface area contributed by atoms with E-state index in [-0.39, 0.29) is 11.2 Å². The van der Waals surface area contributed by atoms with E-state index in [1.54, 1.807) is 6.92 Å². The first kappa shape index (κ1) is 13.8. The van der Waals surface area contributed by atoms with E-state index in [0.717, 1.165) is 11.3 Å². The van der Waals surface area contributed by atoms with Gasteiger partial charge in [0.25, 0.3) is 0 Å². The summed E-state index contributed by atoms with van der Waals surface area (Å²) < 4.78 is 5.70. The number of hydrogen-bond acceptors (Lipinski definition) is 3. The summed E-state index contributed by atoms with van der Waals surface area (Å²) in [7, 11) is 0. The highest BCUT2D eigenvalue weighted by atomic mass is 32.2. The van der Waals surface area contributed by atoms with Crippen LogP contribution < -0.4 is 4.74 Å².